The lowest BCUT2D eigenvalue weighted by Crippen LogP contribution is -2.28. The average Bonchev–Trinajstić information content (AvgIpc) is 2.48. The van der Waals surface area contributed by atoms with Crippen LogP contribution < -0.4 is 11.1 Å². The Morgan fingerprint density at radius 1 is 1.45 bits per heavy atom. The Balaban J connectivity index is 3.05. The van der Waals surface area contributed by atoms with E-state index in [-0.39, 0.29) is 5.92 Å². The summed E-state index contributed by atoms with van der Waals surface area (Å²) in [6, 6.07) is 0.339. The number of hydrogen-bond donors (Lipinski definition) is 3. The molecule has 0 amide bonds. The molecule has 0 aromatic carbocycles. The van der Waals surface area contributed by atoms with Crippen molar-refractivity contribution in [1.29, 1.82) is 5.41 Å². The van der Waals surface area contributed by atoms with Crippen molar-refractivity contribution in [3.8, 4) is 0 Å². The third-order valence-electron chi connectivity index (χ3n) is 3.98. The van der Waals surface area contributed by atoms with E-state index >= 15 is 0 Å². The van der Waals surface area contributed by atoms with Gasteiger partial charge in [0.1, 0.15) is 5.84 Å². The van der Waals surface area contributed by atoms with E-state index in [0.29, 0.717) is 17.5 Å². The molecular formula is C16H28N4. The fraction of sp³-hybridized carbons (Fsp3) is 0.625. The van der Waals surface area contributed by atoms with Gasteiger partial charge in [0.05, 0.1) is 11.6 Å². The molecule has 4 heteroatoms. The maximum atomic E-state index is 7.67. The van der Waals surface area contributed by atoms with Gasteiger partial charge in [0.25, 0.3) is 0 Å². The van der Waals surface area contributed by atoms with E-state index in [1.807, 2.05) is 0 Å². The van der Waals surface area contributed by atoms with Gasteiger partial charge >= 0.3 is 0 Å². The fourth-order valence-electron chi connectivity index (χ4n) is 2.45. The largest absolute Gasteiger partial charge is 0.401 e. The highest BCUT2D eigenvalue weighted by Gasteiger charge is 2.17. The Morgan fingerprint density at radius 2 is 2.10 bits per heavy atom. The van der Waals surface area contributed by atoms with Gasteiger partial charge in [-0.25, -0.2) is 0 Å². The Morgan fingerprint density at radius 3 is 2.60 bits per heavy atom. The first kappa shape index (κ1) is 16.5. The SMILES string of the molecule is C=CNC(=NC1CCCCC1)/C(C=N)=C(/N)C(C)CC. The van der Waals surface area contributed by atoms with Crippen molar-refractivity contribution in [1.82, 2.24) is 5.32 Å². The molecule has 1 saturated carbocycles. The summed E-state index contributed by atoms with van der Waals surface area (Å²) in [5.74, 6) is 0.939. The van der Waals surface area contributed by atoms with Gasteiger partial charge in [-0.3, -0.25) is 4.99 Å². The number of rotatable bonds is 6. The van der Waals surface area contributed by atoms with Gasteiger partial charge in [-0.1, -0.05) is 39.7 Å². The molecule has 0 spiro atoms. The Labute approximate surface area is 122 Å². The summed E-state index contributed by atoms with van der Waals surface area (Å²) in [5, 5.41) is 10.7. The Bertz CT molecular complexity index is 389. The number of amidine groups is 1. The molecule has 0 radical (unpaired) electrons. The zero-order valence-electron chi connectivity index (χ0n) is 12.8. The molecule has 0 heterocycles. The minimum absolute atomic E-state index is 0.245. The molecule has 112 valence electrons. The molecule has 0 saturated heterocycles. The van der Waals surface area contributed by atoms with Crippen molar-refractivity contribution in [2.75, 3.05) is 0 Å². The minimum Gasteiger partial charge on any atom is -0.401 e. The highest BCUT2D eigenvalue weighted by atomic mass is 15.0. The summed E-state index contributed by atoms with van der Waals surface area (Å²) in [4.78, 5) is 4.78. The highest BCUT2D eigenvalue weighted by Crippen LogP contribution is 2.21. The first-order chi connectivity index (χ1) is 9.63. The van der Waals surface area contributed by atoms with Gasteiger partial charge in [0.2, 0.25) is 0 Å². The molecule has 1 aliphatic rings. The molecule has 1 fully saturated rings. The minimum atomic E-state index is 0.245. The van der Waals surface area contributed by atoms with Gasteiger partial charge in [-0.15, -0.1) is 0 Å². The van der Waals surface area contributed by atoms with Crippen LogP contribution in [0.1, 0.15) is 52.4 Å². The summed E-state index contributed by atoms with van der Waals surface area (Å²) in [6.45, 7) is 7.87. The summed E-state index contributed by atoms with van der Waals surface area (Å²) < 4.78 is 0. The molecule has 1 atom stereocenters. The van der Waals surface area contributed by atoms with Crippen LogP contribution in [0.25, 0.3) is 0 Å². The predicted octanol–water partition coefficient (Wildman–Crippen LogP) is 3.36. The van der Waals surface area contributed by atoms with E-state index in [0.717, 1.165) is 25.0 Å². The summed E-state index contributed by atoms with van der Waals surface area (Å²) in [6.07, 6.45) is 9.88. The first-order valence-electron chi connectivity index (χ1n) is 7.59. The molecule has 0 aromatic rings. The molecule has 0 aromatic heterocycles. The molecule has 1 rings (SSSR count). The van der Waals surface area contributed by atoms with E-state index in [1.54, 1.807) is 6.20 Å². The molecule has 1 unspecified atom stereocenters. The smallest absolute Gasteiger partial charge is 0.135 e. The zero-order chi connectivity index (χ0) is 15.0. The normalized spacial score (nSPS) is 20.0. The van der Waals surface area contributed by atoms with Crippen LogP contribution in [-0.4, -0.2) is 18.1 Å². The monoisotopic (exact) mass is 276 g/mol. The third-order valence-corrected chi connectivity index (χ3v) is 3.98. The van der Waals surface area contributed by atoms with Crippen LogP contribution in [-0.2, 0) is 0 Å². The lowest BCUT2D eigenvalue weighted by molar-refractivity contribution is 0.443. The number of hydrogen-bond acceptors (Lipinski definition) is 3. The second-order valence-corrected chi connectivity index (χ2v) is 5.44. The second kappa shape index (κ2) is 8.56. The lowest BCUT2D eigenvalue weighted by atomic mass is 9.95. The molecular weight excluding hydrogens is 248 g/mol. The summed E-state index contributed by atoms with van der Waals surface area (Å²) in [5.41, 5.74) is 7.62. The van der Waals surface area contributed by atoms with Gasteiger partial charge in [-0.2, -0.15) is 0 Å². The topological polar surface area (TPSA) is 74.3 Å². The molecule has 4 N–H and O–H groups in total. The van der Waals surface area contributed by atoms with Crippen molar-refractivity contribution in [2.24, 2.45) is 16.6 Å². The van der Waals surface area contributed by atoms with Crippen LogP contribution in [0.2, 0.25) is 0 Å². The predicted molar refractivity (Wildman–Crippen MR) is 87.1 cm³/mol. The van der Waals surface area contributed by atoms with Crippen molar-refractivity contribution >= 4 is 12.1 Å². The van der Waals surface area contributed by atoms with Crippen molar-refractivity contribution in [2.45, 2.75) is 58.4 Å². The molecule has 0 aliphatic heterocycles. The number of aliphatic imine (C=N–C) groups is 1. The molecule has 0 bridgehead atoms. The van der Waals surface area contributed by atoms with Gasteiger partial charge in [-0.05, 0) is 31.4 Å². The Kier molecular flexibility index (Phi) is 7.05. The fourth-order valence-corrected chi connectivity index (χ4v) is 2.45. The summed E-state index contributed by atoms with van der Waals surface area (Å²) >= 11 is 0. The maximum Gasteiger partial charge on any atom is 0.135 e. The molecule has 20 heavy (non-hydrogen) atoms. The zero-order valence-corrected chi connectivity index (χ0v) is 12.8. The quantitative estimate of drug-likeness (QED) is 0.514. The number of nitrogens with one attached hydrogen (secondary N) is 2. The van der Waals surface area contributed by atoms with E-state index in [1.165, 1.54) is 25.5 Å². The summed E-state index contributed by atoms with van der Waals surface area (Å²) in [7, 11) is 0. The van der Waals surface area contributed by atoms with E-state index in [4.69, 9.17) is 16.1 Å². The van der Waals surface area contributed by atoms with E-state index in [2.05, 4.69) is 25.7 Å². The van der Waals surface area contributed by atoms with Crippen LogP contribution in [0.4, 0.5) is 0 Å². The van der Waals surface area contributed by atoms with Crippen molar-refractivity contribution < 1.29 is 0 Å². The highest BCUT2D eigenvalue weighted by molar-refractivity contribution is 6.15. The average molecular weight is 276 g/mol. The Hall–Kier alpha value is -1.58. The molecule has 4 nitrogen and oxygen atoms in total. The van der Waals surface area contributed by atoms with Crippen LogP contribution >= 0.6 is 0 Å². The van der Waals surface area contributed by atoms with Crippen LogP contribution in [0, 0.1) is 11.3 Å². The van der Waals surface area contributed by atoms with Gasteiger partial charge < -0.3 is 16.5 Å². The van der Waals surface area contributed by atoms with E-state index < -0.39 is 0 Å². The van der Waals surface area contributed by atoms with Crippen LogP contribution in [0.5, 0.6) is 0 Å². The lowest BCUT2D eigenvalue weighted by Gasteiger charge is -2.21. The van der Waals surface area contributed by atoms with Gasteiger partial charge in [0, 0.05) is 11.9 Å². The van der Waals surface area contributed by atoms with Crippen molar-refractivity contribution in [3.63, 3.8) is 0 Å². The second-order valence-electron chi connectivity index (χ2n) is 5.44. The molecule has 1 aliphatic carbocycles. The van der Waals surface area contributed by atoms with Crippen molar-refractivity contribution in [3.05, 3.63) is 24.0 Å². The number of nitrogens with zero attached hydrogens (tertiary/aromatic N) is 1. The van der Waals surface area contributed by atoms with Crippen LogP contribution in [0.3, 0.4) is 0 Å². The number of nitrogens with two attached hydrogens (primary N) is 1. The third kappa shape index (κ3) is 4.51. The standard InChI is InChI=1S/C16H28N4/c1-4-12(3)15(18)14(11-17)16(19-5-2)20-13-9-7-6-8-10-13/h5,11-13,17H,2,4,6-10,18H2,1,3H3,(H,19,20)/b15-14+,17-11?. The van der Waals surface area contributed by atoms with Crippen LogP contribution in [0.15, 0.2) is 29.0 Å². The van der Waals surface area contributed by atoms with E-state index in [9.17, 15) is 0 Å². The number of allylic oxidation sites excluding steroid dienone is 1. The first-order valence-corrected chi connectivity index (χ1v) is 7.59. The van der Waals surface area contributed by atoms with Gasteiger partial charge in [0.15, 0.2) is 0 Å². The maximum absolute atomic E-state index is 7.67.